The average Bonchev–Trinajstić information content (AvgIpc) is 2.18. The maximum Gasteiger partial charge on any atom is 0.0607 e. The summed E-state index contributed by atoms with van der Waals surface area (Å²) in [6.45, 7) is 2.58. The molecule has 4 nitrogen and oxygen atoms in total. The molecule has 90 valence electrons. The van der Waals surface area contributed by atoms with Crippen molar-refractivity contribution in [3.8, 4) is 0 Å². The van der Waals surface area contributed by atoms with Gasteiger partial charge in [0.25, 0.3) is 0 Å². The second kappa shape index (κ2) is 5.80. The van der Waals surface area contributed by atoms with Crippen LogP contribution in [0.15, 0.2) is 0 Å². The van der Waals surface area contributed by atoms with Crippen LogP contribution in [0.2, 0.25) is 0 Å². The van der Waals surface area contributed by atoms with E-state index < -0.39 is 0 Å². The van der Waals surface area contributed by atoms with Gasteiger partial charge in [-0.3, -0.25) is 4.90 Å². The lowest BCUT2D eigenvalue weighted by Gasteiger charge is -2.52. The summed E-state index contributed by atoms with van der Waals surface area (Å²) in [5.74, 6) is 0. The van der Waals surface area contributed by atoms with Gasteiger partial charge in [0.1, 0.15) is 0 Å². The van der Waals surface area contributed by atoms with Crippen LogP contribution in [0, 0.1) is 0 Å². The topological polar surface area (TPSA) is 47.7 Å². The number of ether oxygens (including phenoxy) is 2. The molecule has 0 bridgehead atoms. The molecule has 0 unspecified atom stereocenters. The van der Waals surface area contributed by atoms with Crippen LogP contribution in [0.5, 0.6) is 0 Å². The molecule has 0 amide bonds. The third-order valence-electron chi connectivity index (χ3n) is 3.58. The highest BCUT2D eigenvalue weighted by Gasteiger charge is 2.46. The highest BCUT2D eigenvalue weighted by molar-refractivity contribution is 5.03. The Morgan fingerprint density at radius 1 is 1.40 bits per heavy atom. The van der Waals surface area contributed by atoms with Gasteiger partial charge in [-0.05, 0) is 26.3 Å². The molecule has 0 heterocycles. The number of hydrogen-bond acceptors (Lipinski definition) is 4. The molecular formula is C11H24N2O2. The molecule has 15 heavy (non-hydrogen) atoms. The molecule has 0 aromatic heterocycles. The van der Waals surface area contributed by atoms with Gasteiger partial charge in [0, 0.05) is 39.5 Å². The van der Waals surface area contributed by atoms with Crippen molar-refractivity contribution in [3.63, 3.8) is 0 Å². The first kappa shape index (κ1) is 12.9. The molecular weight excluding hydrogens is 192 g/mol. The molecule has 0 spiro atoms. The van der Waals surface area contributed by atoms with Gasteiger partial charge in [-0.1, -0.05) is 0 Å². The SMILES string of the molecule is COCCCN(C)C1(CN)CC(OC)C1. The van der Waals surface area contributed by atoms with Crippen LogP contribution in [-0.2, 0) is 9.47 Å². The van der Waals surface area contributed by atoms with Crippen molar-refractivity contribution in [1.29, 1.82) is 0 Å². The number of likely N-dealkylation sites (N-methyl/N-ethyl adjacent to an activating group) is 1. The van der Waals surface area contributed by atoms with E-state index in [0.717, 1.165) is 39.0 Å². The zero-order valence-electron chi connectivity index (χ0n) is 10.2. The third-order valence-corrected chi connectivity index (χ3v) is 3.58. The van der Waals surface area contributed by atoms with E-state index in [1.165, 1.54) is 0 Å². The zero-order valence-corrected chi connectivity index (χ0v) is 10.2. The second-order valence-corrected chi connectivity index (χ2v) is 4.46. The monoisotopic (exact) mass is 216 g/mol. The molecule has 1 rings (SSSR count). The van der Waals surface area contributed by atoms with Crippen LogP contribution in [-0.4, -0.2) is 57.5 Å². The minimum absolute atomic E-state index is 0.175. The first-order chi connectivity index (χ1) is 7.18. The fourth-order valence-electron chi connectivity index (χ4n) is 2.27. The van der Waals surface area contributed by atoms with Crippen molar-refractivity contribution in [3.05, 3.63) is 0 Å². The molecule has 0 aromatic carbocycles. The van der Waals surface area contributed by atoms with E-state index in [-0.39, 0.29) is 5.54 Å². The number of nitrogens with zero attached hydrogens (tertiary/aromatic N) is 1. The van der Waals surface area contributed by atoms with Crippen LogP contribution >= 0.6 is 0 Å². The van der Waals surface area contributed by atoms with Gasteiger partial charge < -0.3 is 15.2 Å². The Kier molecular flexibility index (Phi) is 4.99. The molecule has 1 aliphatic carbocycles. The van der Waals surface area contributed by atoms with Crippen molar-refractivity contribution >= 4 is 0 Å². The Balaban J connectivity index is 2.32. The quantitative estimate of drug-likeness (QED) is 0.628. The second-order valence-electron chi connectivity index (χ2n) is 4.46. The third kappa shape index (κ3) is 2.91. The Morgan fingerprint density at radius 2 is 2.07 bits per heavy atom. The zero-order chi connectivity index (χ0) is 11.3. The van der Waals surface area contributed by atoms with Gasteiger partial charge in [-0.15, -0.1) is 0 Å². The van der Waals surface area contributed by atoms with Gasteiger partial charge in [0.2, 0.25) is 0 Å². The van der Waals surface area contributed by atoms with Crippen LogP contribution in [0.4, 0.5) is 0 Å². The normalized spacial score (nSPS) is 30.6. The minimum atomic E-state index is 0.175. The Hall–Kier alpha value is -0.160. The lowest BCUT2D eigenvalue weighted by atomic mass is 9.73. The van der Waals surface area contributed by atoms with E-state index in [1.807, 2.05) is 0 Å². The van der Waals surface area contributed by atoms with Gasteiger partial charge in [-0.25, -0.2) is 0 Å². The number of methoxy groups -OCH3 is 2. The fraction of sp³-hybridized carbons (Fsp3) is 1.00. The number of nitrogens with two attached hydrogens (primary N) is 1. The van der Waals surface area contributed by atoms with E-state index in [1.54, 1.807) is 14.2 Å². The first-order valence-corrected chi connectivity index (χ1v) is 5.61. The summed E-state index contributed by atoms with van der Waals surface area (Å²) >= 11 is 0. The Labute approximate surface area is 92.7 Å². The van der Waals surface area contributed by atoms with E-state index in [4.69, 9.17) is 15.2 Å². The molecule has 1 aliphatic rings. The van der Waals surface area contributed by atoms with Gasteiger partial charge in [-0.2, -0.15) is 0 Å². The maximum absolute atomic E-state index is 5.86. The van der Waals surface area contributed by atoms with E-state index in [0.29, 0.717) is 6.10 Å². The summed E-state index contributed by atoms with van der Waals surface area (Å²) in [6, 6.07) is 0. The largest absolute Gasteiger partial charge is 0.385 e. The van der Waals surface area contributed by atoms with Crippen molar-refractivity contribution in [2.24, 2.45) is 5.73 Å². The Morgan fingerprint density at radius 3 is 2.53 bits per heavy atom. The van der Waals surface area contributed by atoms with Crippen molar-refractivity contribution in [2.75, 3.05) is 41.0 Å². The van der Waals surface area contributed by atoms with Crippen LogP contribution in [0.1, 0.15) is 19.3 Å². The van der Waals surface area contributed by atoms with E-state index >= 15 is 0 Å². The van der Waals surface area contributed by atoms with Gasteiger partial charge in [0.15, 0.2) is 0 Å². The van der Waals surface area contributed by atoms with Crippen molar-refractivity contribution in [2.45, 2.75) is 30.9 Å². The molecule has 1 saturated carbocycles. The lowest BCUT2D eigenvalue weighted by Crippen LogP contribution is -2.62. The molecule has 0 radical (unpaired) electrons. The van der Waals surface area contributed by atoms with Crippen LogP contribution in [0.25, 0.3) is 0 Å². The van der Waals surface area contributed by atoms with Crippen LogP contribution < -0.4 is 5.73 Å². The fourth-order valence-corrected chi connectivity index (χ4v) is 2.27. The minimum Gasteiger partial charge on any atom is -0.385 e. The summed E-state index contributed by atoms with van der Waals surface area (Å²) in [4.78, 5) is 2.36. The summed E-state index contributed by atoms with van der Waals surface area (Å²) < 4.78 is 10.4. The average molecular weight is 216 g/mol. The Bertz CT molecular complexity index is 181. The van der Waals surface area contributed by atoms with Crippen LogP contribution in [0.3, 0.4) is 0 Å². The molecule has 1 fully saturated rings. The molecule has 0 atom stereocenters. The maximum atomic E-state index is 5.86. The summed E-state index contributed by atoms with van der Waals surface area (Å²) in [7, 11) is 5.66. The summed E-state index contributed by atoms with van der Waals surface area (Å²) in [6.07, 6.45) is 3.58. The highest BCUT2D eigenvalue weighted by Crippen LogP contribution is 2.37. The molecule has 0 saturated heterocycles. The van der Waals surface area contributed by atoms with Crippen molar-refractivity contribution in [1.82, 2.24) is 4.90 Å². The predicted molar refractivity (Wildman–Crippen MR) is 60.9 cm³/mol. The molecule has 2 N–H and O–H groups in total. The number of hydrogen-bond donors (Lipinski definition) is 1. The van der Waals surface area contributed by atoms with Gasteiger partial charge in [0.05, 0.1) is 6.10 Å². The molecule has 4 heteroatoms. The molecule has 0 aromatic rings. The van der Waals surface area contributed by atoms with Gasteiger partial charge >= 0.3 is 0 Å². The predicted octanol–water partition coefficient (Wildman–Crippen LogP) is 0.461. The van der Waals surface area contributed by atoms with E-state index in [2.05, 4.69) is 11.9 Å². The smallest absolute Gasteiger partial charge is 0.0607 e. The number of rotatable bonds is 7. The van der Waals surface area contributed by atoms with E-state index in [9.17, 15) is 0 Å². The summed E-state index contributed by atoms with van der Waals surface area (Å²) in [5.41, 5.74) is 6.04. The molecule has 0 aliphatic heterocycles. The highest BCUT2D eigenvalue weighted by atomic mass is 16.5. The summed E-state index contributed by atoms with van der Waals surface area (Å²) in [5, 5.41) is 0. The first-order valence-electron chi connectivity index (χ1n) is 5.61. The van der Waals surface area contributed by atoms with Crippen molar-refractivity contribution < 1.29 is 9.47 Å². The standard InChI is InChI=1S/C11H24N2O2/c1-13(5-4-6-14-2)11(9-12)7-10(8-11)15-3/h10H,4-9,12H2,1-3H3. The lowest BCUT2D eigenvalue weighted by molar-refractivity contribution is -0.0793.